The maximum atomic E-state index is 14.0. The molecule has 6 heteroatoms. The molecule has 0 amide bonds. The number of carbonyl (C=O) groups is 1. The van der Waals surface area contributed by atoms with E-state index in [0.29, 0.717) is 22.6 Å². The fourth-order valence-corrected chi connectivity index (χ4v) is 3.63. The Morgan fingerprint density at radius 1 is 1.10 bits per heavy atom. The van der Waals surface area contributed by atoms with E-state index < -0.39 is 23.3 Å². The second kappa shape index (κ2) is 7.99. The zero-order valence-corrected chi connectivity index (χ0v) is 16.5. The molecule has 30 heavy (non-hydrogen) atoms. The van der Waals surface area contributed by atoms with Crippen LogP contribution in [0, 0.1) is 5.82 Å². The predicted molar refractivity (Wildman–Crippen MR) is 109 cm³/mol. The number of rotatable bonds is 4. The number of allylic oxidation sites excluding steroid dienone is 1. The molecule has 1 aliphatic rings. The summed E-state index contributed by atoms with van der Waals surface area (Å²) in [6, 6.07) is 16.5. The largest absolute Gasteiger partial charge is 0.463 e. The van der Waals surface area contributed by atoms with Crippen LogP contribution in [0.3, 0.4) is 0 Å². The van der Waals surface area contributed by atoms with E-state index in [1.165, 1.54) is 18.2 Å². The third-order valence-corrected chi connectivity index (χ3v) is 4.91. The van der Waals surface area contributed by atoms with Gasteiger partial charge in [0.2, 0.25) is 0 Å². The SMILES string of the molecule is CCOC(=O)C1=C(C)Oc2cc(-c3ccccc3)oc(=O)c2C1c1cccc(F)c1. The summed E-state index contributed by atoms with van der Waals surface area (Å²) in [7, 11) is 0. The molecule has 0 spiro atoms. The number of fused-ring (bicyclic) bond motifs is 1. The van der Waals surface area contributed by atoms with Crippen molar-refractivity contribution in [2.75, 3.05) is 6.61 Å². The molecule has 1 atom stereocenters. The molecule has 2 heterocycles. The van der Waals surface area contributed by atoms with Gasteiger partial charge in [0.25, 0.3) is 0 Å². The van der Waals surface area contributed by atoms with Crippen LogP contribution in [-0.2, 0) is 9.53 Å². The number of ether oxygens (including phenoxy) is 2. The molecule has 152 valence electrons. The summed E-state index contributed by atoms with van der Waals surface area (Å²) in [6.45, 7) is 3.46. The van der Waals surface area contributed by atoms with Crippen LogP contribution in [0.5, 0.6) is 5.75 Å². The van der Waals surface area contributed by atoms with Gasteiger partial charge in [-0.1, -0.05) is 42.5 Å². The molecular formula is C24H19FO5. The van der Waals surface area contributed by atoms with Gasteiger partial charge in [-0.2, -0.15) is 0 Å². The zero-order valence-electron chi connectivity index (χ0n) is 16.5. The molecule has 1 aromatic heterocycles. The number of esters is 1. The van der Waals surface area contributed by atoms with Crippen molar-refractivity contribution in [3.63, 3.8) is 0 Å². The van der Waals surface area contributed by atoms with Gasteiger partial charge in [-0.25, -0.2) is 14.0 Å². The quantitative estimate of drug-likeness (QED) is 0.582. The number of benzene rings is 2. The zero-order chi connectivity index (χ0) is 21.3. The van der Waals surface area contributed by atoms with Crippen LogP contribution >= 0.6 is 0 Å². The van der Waals surface area contributed by atoms with E-state index in [1.54, 1.807) is 26.0 Å². The molecule has 1 unspecified atom stereocenters. The van der Waals surface area contributed by atoms with Crippen molar-refractivity contribution in [1.29, 1.82) is 0 Å². The summed E-state index contributed by atoms with van der Waals surface area (Å²) in [5.74, 6) is -1.08. The van der Waals surface area contributed by atoms with Gasteiger partial charge in [-0.05, 0) is 31.5 Å². The first-order valence-corrected chi connectivity index (χ1v) is 9.54. The van der Waals surface area contributed by atoms with Crippen LogP contribution in [0.2, 0.25) is 0 Å². The summed E-state index contributed by atoms with van der Waals surface area (Å²) < 4.78 is 30.6. The predicted octanol–water partition coefficient (Wildman–Crippen LogP) is 4.81. The van der Waals surface area contributed by atoms with E-state index in [0.717, 1.165) is 0 Å². The smallest absolute Gasteiger partial charge is 0.344 e. The minimum absolute atomic E-state index is 0.133. The monoisotopic (exact) mass is 406 g/mol. The molecule has 0 N–H and O–H groups in total. The van der Waals surface area contributed by atoms with Gasteiger partial charge >= 0.3 is 11.6 Å². The highest BCUT2D eigenvalue weighted by molar-refractivity contribution is 5.92. The highest BCUT2D eigenvalue weighted by atomic mass is 19.1. The van der Waals surface area contributed by atoms with Crippen molar-refractivity contribution in [3.05, 3.63) is 99.4 Å². The first-order chi connectivity index (χ1) is 14.5. The van der Waals surface area contributed by atoms with Gasteiger partial charge < -0.3 is 13.9 Å². The average Bonchev–Trinajstić information content (AvgIpc) is 2.73. The first-order valence-electron chi connectivity index (χ1n) is 9.54. The van der Waals surface area contributed by atoms with Crippen LogP contribution < -0.4 is 10.4 Å². The summed E-state index contributed by atoms with van der Waals surface area (Å²) >= 11 is 0. The molecule has 0 fully saturated rings. The minimum atomic E-state index is -0.871. The maximum Gasteiger partial charge on any atom is 0.344 e. The second-order valence-electron chi connectivity index (χ2n) is 6.82. The number of hydrogen-bond donors (Lipinski definition) is 0. The fourth-order valence-electron chi connectivity index (χ4n) is 3.63. The number of hydrogen-bond acceptors (Lipinski definition) is 5. The Bertz CT molecular complexity index is 1190. The van der Waals surface area contributed by atoms with Crippen molar-refractivity contribution in [1.82, 2.24) is 0 Å². The highest BCUT2D eigenvalue weighted by Crippen LogP contribution is 2.43. The average molecular weight is 406 g/mol. The third-order valence-electron chi connectivity index (χ3n) is 4.91. The Morgan fingerprint density at radius 3 is 2.57 bits per heavy atom. The van der Waals surface area contributed by atoms with Crippen molar-refractivity contribution < 1.29 is 23.1 Å². The lowest BCUT2D eigenvalue weighted by Crippen LogP contribution is -2.27. The Labute approximate surface area is 172 Å². The molecule has 0 saturated carbocycles. The van der Waals surface area contributed by atoms with E-state index in [9.17, 15) is 14.0 Å². The van der Waals surface area contributed by atoms with E-state index in [-0.39, 0.29) is 23.5 Å². The van der Waals surface area contributed by atoms with E-state index >= 15 is 0 Å². The lowest BCUT2D eigenvalue weighted by molar-refractivity contribution is -0.139. The van der Waals surface area contributed by atoms with Crippen molar-refractivity contribution in [3.8, 4) is 17.1 Å². The standard InChI is InChI=1S/C24H19FO5/c1-3-28-23(26)20-14(2)29-19-13-18(15-8-5-4-6-9-15)30-24(27)22(19)21(20)16-10-7-11-17(25)12-16/h4-13,21H,3H2,1-2H3. The number of carbonyl (C=O) groups excluding carboxylic acids is 1. The van der Waals surface area contributed by atoms with Gasteiger partial charge in [0, 0.05) is 11.6 Å². The lowest BCUT2D eigenvalue weighted by atomic mass is 9.83. The third kappa shape index (κ3) is 3.52. The summed E-state index contributed by atoms with van der Waals surface area (Å²) in [4.78, 5) is 25.7. The van der Waals surface area contributed by atoms with Gasteiger partial charge in [-0.3, -0.25) is 0 Å². The van der Waals surface area contributed by atoms with E-state index in [2.05, 4.69) is 0 Å². The van der Waals surface area contributed by atoms with Gasteiger partial charge in [-0.15, -0.1) is 0 Å². The molecule has 0 radical (unpaired) electrons. The Kier molecular flexibility index (Phi) is 5.23. The van der Waals surface area contributed by atoms with Crippen molar-refractivity contribution in [2.45, 2.75) is 19.8 Å². The summed E-state index contributed by atoms with van der Waals surface area (Å²) in [5.41, 5.74) is 0.765. The molecule has 3 aromatic rings. The van der Waals surface area contributed by atoms with Crippen molar-refractivity contribution >= 4 is 5.97 Å². The molecule has 2 aromatic carbocycles. The van der Waals surface area contributed by atoms with Gasteiger partial charge in [0.05, 0.1) is 23.7 Å². The molecule has 1 aliphatic heterocycles. The molecule has 0 bridgehead atoms. The molecule has 0 saturated heterocycles. The van der Waals surface area contributed by atoms with E-state index in [4.69, 9.17) is 13.9 Å². The van der Waals surface area contributed by atoms with Crippen LogP contribution in [-0.4, -0.2) is 12.6 Å². The Hall–Kier alpha value is -3.67. The van der Waals surface area contributed by atoms with Crippen LogP contribution in [0.4, 0.5) is 4.39 Å². The normalized spacial score (nSPS) is 15.4. The molecule has 5 nitrogen and oxygen atoms in total. The molecular weight excluding hydrogens is 387 g/mol. The fraction of sp³-hybridized carbons (Fsp3) is 0.167. The summed E-state index contributed by atoms with van der Waals surface area (Å²) in [6.07, 6.45) is 0. The maximum absolute atomic E-state index is 14.0. The topological polar surface area (TPSA) is 65.7 Å². The van der Waals surface area contributed by atoms with Crippen LogP contribution in [0.25, 0.3) is 11.3 Å². The molecule has 4 rings (SSSR count). The highest BCUT2D eigenvalue weighted by Gasteiger charge is 2.38. The second-order valence-corrected chi connectivity index (χ2v) is 6.82. The first kappa shape index (κ1) is 19.6. The van der Waals surface area contributed by atoms with Gasteiger partial charge in [0.1, 0.15) is 23.1 Å². The Morgan fingerprint density at radius 2 is 1.87 bits per heavy atom. The van der Waals surface area contributed by atoms with Gasteiger partial charge in [0.15, 0.2) is 0 Å². The summed E-state index contributed by atoms with van der Waals surface area (Å²) in [5, 5.41) is 0. The van der Waals surface area contributed by atoms with E-state index in [1.807, 2.05) is 30.3 Å². The minimum Gasteiger partial charge on any atom is -0.463 e. The van der Waals surface area contributed by atoms with Crippen molar-refractivity contribution in [2.24, 2.45) is 0 Å². The lowest BCUT2D eigenvalue weighted by Gasteiger charge is -2.28. The van der Waals surface area contributed by atoms with Crippen LogP contribution in [0.15, 0.2) is 81.2 Å². The number of halogens is 1. The molecule has 0 aliphatic carbocycles. The Balaban J connectivity index is 1.94. The van der Waals surface area contributed by atoms with Crippen LogP contribution in [0.1, 0.15) is 30.9 Å².